The zero-order valence-corrected chi connectivity index (χ0v) is 73.5. The van der Waals surface area contributed by atoms with Crippen LogP contribution in [-0.4, -0.2) is 119 Å². The number of nitrogens with two attached hydrogens (primary N) is 1. The monoisotopic (exact) mass is 1660 g/mol. The van der Waals surface area contributed by atoms with Gasteiger partial charge in [-0.15, -0.1) is 71.3 Å². The number of hydrogen-bond donors (Lipinski definition) is 4. The number of nitrogens with one attached hydrogen (secondary N) is 1. The minimum absolute atomic E-state index is 0. The number of likely N-dealkylation sites (tertiary alicyclic amines) is 1. The molecule has 3 aromatic heterocycles. The number of ketones is 2. The summed E-state index contributed by atoms with van der Waals surface area (Å²) in [6.45, 7) is 22.6. The molecule has 0 amide bonds. The van der Waals surface area contributed by atoms with E-state index in [-0.39, 0.29) is 157 Å². The van der Waals surface area contributed by atoms with Crippen molar-refractivity contribution in [3.05, 3.63) is 149 Å². The molecular weight excluding hydrogens is 1550 g/mol. The number of phenolic OH excluding ortho intramolecular Hbond substituents is 1. The number of hydrazine groups is 1. The minimum atomic E-state index is -0.181. The number of nitrogen functional groups attached to an aromatic ring is 1. The number of phenols is 1. The van der Waals surface area contributed by atoms with Crippen LogP contribution in [0.15, 0.2) is 115 Å². The maximum atomic E-state index is 10.6. The van der Waals surface area contributed by atoms with Crippen LogP contribution < -0.4 is 134 Å². The van der Waals surface area contributed by atoms with Crippen LogP contribution in [0.25, 0.3) is 17.1 Å². The normalized spacial score (nSPS) is 11.5. The van der Waals surface area contributed by atoms with Gasteiger partial charge in [0, 0.05) is 54.6 Å². The molecule has 0 atom stereocenters. The number of aliphatic hydroxyl groups excluding tert-OH is 1. The predicted octanol–water partition coefficient (Wildman–Crippen LogP) is 10.2. The second kappa shape index (κ2) is 63.9. The standard InChI is InChI=1S/C20H29N3O.C14H18N2O.C13H16N2O.C8H15Cl.C7H10N2O.C7H12O2.C2H6O.CH2O3.BBr3.ClH.2K.H/c1-3-17-16-18(4-2)23(21-17)19-8-10-20(11-9-19)24-15-7-14-22-12-5-6-13-22;1-4-11-10-12(5-2)16(15-11)13-6-8-14(17-3)9-7-13;1-3-10-9-11(4-2)15(14-10)12-5-7-13(16)8-6-12;9-7-3-6-8-4-1-2-5-8;1-10-7-4-2-6(9-8)3-5-7;1-3-6(8)5-7(9)4-2;1-2-3;2-1-4-3;2-1(3)4;;;;/h8-11,16H,3-7,12-15H2,1-2H3;6-10H,4-5H2,1-3H3;5-9,16H,3-4H2,1-2H3;8H,1-7H2;2-5,9H,8H2,1H3;3-5H2,1-2H3;3H,2H2,1H3;1,3H;;1H;;;/q;;;;;;;;;;2*+1;-1/p-1. The Kier molecular flexibility index (Phi) is 65.0. The molecule has 1 saturated heterocycles. The van der Waals surface area contributed by atoms with E-state index in [2.05, 4.69) is 166 Å². The van der Waals surface area contributed by atoms with Gasteiger partial charge in [0.15, 0.2) is 0 Å². The van der Waals surface area contributed by atoms with Gasteiger partial charge in [-0.05, 0) is 212 Å². The Balaban J connectivity index is -0.000000548. The van der Waals surface area contributed by atoms with Crippen molar-refractivity contribution in [2.45, 2.75) is 178 Å². The van der Waals surface area contributed by atoms with Gasteiger partial charge in [-0.3, -0.25) is 20.2 Å². The van der Waals surface area contributed by atoms with Crippen molar-refractivity contribution in [1.29, 1.82) is 0 Å². The minimum Gasteiger partial charge on any atom is -1.00 e. The van der Waals surface area contributed by atoms with Gasteiger partial charge in [0.25, 0.3) is 6.47 Å². The first kappa shape index (κ1) is 101. The first-order valence-corrected chi connectivity index (χ1v) is 36.7. The van der Waals surface area contributed by atoms with E-state index < -0.39 is 0 Å². The van der Waals surface area contributed by atoms with Crippen LogP contribution in [0.1, 0.15) is 175 Å². The Hall–Kier alpha value is -2.48. The molecule has 0 spiro atoms. The number of aromatic nitrogens is 6. The number of hydrogen-bond acceptors (Lipinski definition) is 16. The number of methoxy groups -OCH3 is 2. The van der Waals surface area contributed by atoms with Crippen LogP contribution in [0.4, 0.5) is 5.69 Å². The maximum absolute atomic E-state index is 10.6. The third-order valence-corrected chi connectivity index (χ3v) is 15.2. The summed E-state index contributed by atoms with van der Waals surface area (Å²) < 4.78 is 22.3. The molecule has 99 heavy (non-hydrogen) atoms. The average molecular weight is 1660 g/mol. The summed E-state index contributed by atoms with van der Waals surface area (Å²) in [4.78, 5) is 34.9. The van der Waals surface area contributed by atoms with Crippen molar-refractivity contribution in [2.75, 3.05) is 58.4 Å². The molecule has 0 radical (unpaired) electrons. The van der Waals surface area contributed by atoms with Crippen LogP contribution in [0.2, 0.25) is 0 Å². The second-order valence-electron chi connectivity index (χ2n) is 21.8. The third-order valence-electron chi connectivity index (χ3n) is 15.0. The van der Waals surface area contributed by atoms with Gasteiger partial charge in [-0.2, -0.15) is 15.3 Å². The number of aromatic hydroxyl groups is 1. The van der Waals surface area contributed by atoms with E-state index in [1.165, 1.54) is 81.5 Å². The number of benzene rings is 4. The quantitative estimate of drug-likeness (QED) is 0.00607. The fourth-order valence-corrected chi connectivity index (χ4v) is 9.83. The van der Waals surface area contributed by atoms with Gasteiger partial charge in [0.1, 0.15) is 34.6 Å². The van der Waals surface area contributed by atoms with Crippen molar-refractivity contribution in [1.82, 2.24) is 34.2 Å². The van der Waals surface area contributed by atoms with Gasteiger partial charge < -0.3 is 46.3 Å². The number of alkyl halides is 1. The summed E-state index contributed by atoms with van der Waals surface area (Å²) in [5.41, 5.74) is 13.7. The van der Waals surface area contributed by atoms with Crippen molar-refractivity contribution in [2.24, 2.45) is 11.8 Å². The van der Waals surface area contributed by atoms with E-state index in [9.17, 15) is 14.7 Å². The van der Waals surface area contributed by atoms with Gasteiger partial charge in [0.05, 0.1) is 61.4 Å². The van der Waals surface area contributed by atoms with Crippen LogP contribution in [0.5, 0.6) is 23.0 Å². The van der Waals surface area contributed by atoms with Crippen LogP contribution in [0.3, 0.4) is 0 Å². The summed E-state index contributed by atoms with van der Waals surface area (Å²) >= 11 is 14.9. The number of halogens is 5. The van der Waals surface area contributed by atoms with E-state index >= 15 is 0 Å². The van der Waals surface area contributed by atoms with E-state index in [0.717, 1.165) is 127 Å². The smallest absolute Gasteiger partial charge is 1.00 e. The zero-order valence-electron chi connectivity index (χ0n) is 62.0. The largest absolute Gasteiger partial charge is 1.00 e. The van der Waals surface area contributed by atoms with Crippen molar-refractivity contribution in [3.8, 4) is 40.1 Å². The van der Waals surface area contributed by atoms with Gasteiger partial charge >= 0.3 is 106 Å². The molecule has 542 valence electrons. The van der Waals surface area contributed by atoms with E-state index in [1.54, 1.807) is 47.1 Å². The summed E-state index contributed by atoms with van der Waals surface area (Å²) in [7, 11) is 3.31. The molecule has 5 N–H and O–H groups in total. The molecule has 2 fully saturated rings. The van der Waals surface area contributed by atoms with Gasteiger partial charge in [-0.1, -0.05) is 81.1 Å². The molecule has 7 aromatic rings. The molecule has 1 aliphatic heterocycles. The Morgan fingerprint density at radius 1 is 0.636 bits per heavy atom. The van der Waals surface area contributed by atoms with Crippen LogP contribution in [0, 0.1) is 5.92 Å². The van der Waals surface area contributed by atoms with E-state index in [4.69, 9.17) is 46.8 Å². The first-order valence-electron chi connectivity index (χ1n) is 33.5. The number of ether oxygens (including phenoxy) is 3. The van der Waals surface area contributed by atoms with Gasteiger partial charge in [0.2, 0.25) is 0 Å². The zero-order chi connectivity index (χ0) is 71.5. The molecule has 27 heteroatoms. The molecule has 19 nitrogen and oxygen atoms in total. The Morgan fingerprint density at radius 3 is 1.30 bits per heavy atom. The molecule has 1 saturated carbocycles. The number of rotatable bonds is 25. The van der Waals surface area contributed by atoms with Crippen LogP contribution >= 0.6 is 71.3 Å². The molecule has 0 bridgehead atoms. The SMILES string of the molecule is BrB(Br)Br.CCC(=O)CC(=O)CC.CCO.CCc1cc(CC)n(-c2ccc(O)cc2)n1.CCc1cc(CC)n(-c2ccc(OC)cc2)n1.CCc1cc(CC)n(-c2ccc(OCCCN3CCCC3)cc2)n1.COc1ccc(NN)cc1.Cl.ClCCCC1CCCC1.O=CO[O-].[H-].[K+].[K+]. The summed E-state index contributed by atoms with van der Waals surface area (Å²) in [6, 6.07) is 37.3. The summed E-state index contributed by atoms with van der Waals surface area (Å²) in [5.74, 6) is 10.1. The molecule has 9 rings (SSSR count). The van der Waals surface area contributed by atoms with E-state index in [1.807, 2.05) is 70.0 Å². The molecule has 4 heterocycles. The van der Waals surface area contributed by atoms with Crippen LogP contribution in [-0.2, 0) is 57.8 Å². The van der Waals surface area contributed by atoms with E-state index in [0.29, 0.717) is 12.8 Å². The number of anilines is 1. The first-order chi connectivity index (χ1) is 46.4. The van der Waals surface area contributed by atoms with Crippen molar-refractivity contribution in [3.63, 3.8) is 0 Å². The number of carbonyl (C=O) groups excluding carboxylic acids is 3. The average Bonchev–Trinajstić information content (AvgIpc) is 1.70. The number of nitrogens with zero attached hydrogens (tertiary/aromatic N) is 7. The third kappa shape index (κ3) is 44.2. The van der Waals surface area contributed by atoms with Gasteiger partial charge in [-0.25, -0.2) is 14.0 Å². The second-order valence-corrected chi connectivity index (χ2v) is 28.6. The maximum Gasteiger partial charge on any atom is 1.00 e. The molecule has 1 aliphatic carbocycles. The summed E-state index contributed by atoms with van der Waals surface area (Å²) in [6.07, 6.45) is 19.2. The Labute approximate surface area is 713 Å². The van der Waals surface area contributed by atoms with Crippen molar-refractivity contribution < 1.29 is 153 Å². The Bertz CT molecular complexity index is 3080. The Morgan fingerprint density at radius 2 is 0.990 bits per heavy atom. The number of aliphatic hydroxyl groups is 1. The number of carbonyl (C=O) groups is 3. The topological polar surface area (TPSA) is 246 Å². The fraction of sp³-hybridized carbons (Fsp3) is 0.500. The molecular formula is C72H109BBr3Cl2K2N9O10. The molecule has 2 aliphatic rings. The number of Topliss-reactive ketones (excluding diaryl/α,β-unsaturated/α-hetero) is 2. The summed E-state index contributed by atoms with van der Waals surface area (Å²) in [5, 5.41) is 39.1. The van der Waals surface area contributed by atoms with Crippen molar-refractivity contribution >= 4 is 98.2 Å². The predicted molar refractivity (Wildman–Crippen MR) is 410 cm³/mol. The molecule has 0 unspecified atom stereocenters. The molecule has 4 aromatic carbocycles. The number of aryl methyl sites for hydroxylation is 6. The fourth-order valence-electron chi connectivity index (χ4n) is 9.68.